The van der Waals surface area contributed by atoms with E-state index in [1.807, 2.05) is 6.07 Å². The van der Waals surface area contributed by atoms with Crippen molar-refractivity contribution in [1.82, 2.24) is 0 Å². The van der Waals surface area contributed by atoms with E-state index in [2.05, 4.69) is 47.4 Å². The van der Waals surface area contributed by atoms with Crippen LogP contribution in [0, 0.1) is 34.1 Å². The first-order valence-electron chi connectivity index (χ1n) is 5.80. The monoisotopic (exact) mass is 260 g/mol. The maximum Gasteiger partial charge on any atom is 0.175 e. The molecule has 0 aromatic heterocycles. The van der Waals surface area contributed by atoms with Gasteiger partial charge in [-0.15, -0.1) is 11.5 Å². The van der Waals surface area contributed by atoms with Crippen LogP contribution >= 0.6 is 0 Å². The average molecular weight is 260 g/mol. The second-order valence-corrected chi connectivity index (χ2v) is 10.7. The molecule has 0 aliphatic heterocycles. The van der Waals surface area contributed by atoms with E-state index in [1.54, 1.807) is 20.8 Å². The Kier molecular flexibility index (Phi) is 5.27. The van der Waals surface area contributed by atoms with E-state index in [1.165, 1.54) is 0 Å². The Morgan fingerprint density at radius 2 is 1.56 bits per heavy atom. The van der Waals surface area contributed by atoms with Gasteiger partial charge in [-0.3, -0.25) is 0 Å². The molecule has 0 spiro atoms. The molecule has 0 aliphatic rings. The fourth-order valence-electron chi connectivity index (χ4n) is 0.836. The molecule has 0 saturated heterocycles. The van der Waals surface area contributed by atoms with Crippen molar-refractivity contribution < 1.29 is 0 Å². The van der Waals surface area contributed by atoms with Crippen LogP contribution in [0.5, 0.6) is 0 Å². The minimum atomic E-state index is -1.43. The van der Waals surface area contributed by atoms with Crippen LogP contribution in [0.15, 0.2) is 10.2 Å². The molecule has 1 unspecified atom stereocenters. The second kappa shape index (κ2) is 5.80. The number of nitrogens with zero attached hydrogens (tertiary/aromatic N) is 4. The number of nitriles is 2. The quantitative estimate of drug-likeness (QED) is 0.443. The Morgan fingerprint density at radius 3 is 1.94 bits per heavy atom. The third-order valence-corrected chi connectivity index (χ3v) is 2.86. The number of hydrogen-bond donors (Lipinski definition) is 0. The molecular formula is C13H20N4Si. The van der Waals surface area contributed by atoms with Crippen LogP contribution in [0.2, 0.25) is 19.6 Å². The van der Waals surface area contributed by atoms with Gasteiger partial charge in [0.25, 0.3) is 0 Å². The standard InChI is InChI=1S/C13H20N4Si/c1-12(2,10-14)16-17-13(3,11-15)8-7-9-18(4,5)6/h8H2,1-6H3. The lowest BCUT2D eigenvalue weighted by molar-refractivity contribution is 0.519. The molecule has 0 amide bonds. The van der Waals surface area contributed by atoms with Gasteiger partial charge in [-0.25, -0.2) is 0 Å². The van der Waals surface area contributed by atoms with Crippen LogP contribution in [0.1, 0.15) is 27.2 Å². The van der Waals surface area contributed by atoms with Crippen LogP contribution in [0.3, 0.4) is 0 Å². The van der Waals surface area contributed by atoms with Gasteiger partial charge in [-0.2, -0.15) is 20.8 Å². The first-order valence-corrected chi connectivity index (χ1v) is 9.30. The topological polar surface area (TPSA) is 72.3 Å². The minimum absolute atomic E-state index is 0.346. The molecule has 0 rings (SSSR count). The third kappa shape index (κ3) is 6.84. The Balaban J connectivity index is 4.91. The Bertz CT molecular complexity index is 462. The molecule has 4 nitrogen and oxygen atoms in total. The van der Waals surface area contributed by atoms with E-state index >= 15 is 0 Å². The Morgan fingerprint density at radius 1 is 1.00 bits per heavy atom. The summed E-state index contributed by atoms with van der Waals surface area (Å²) >= 11 is 0. The van der Waals surface area contributed by atoms with Crippen LogP contribution in [0.4, 0.5) is 0 Å². The zero-order valence-corrected chi connectivity index (χ0v) is 13.0. The molecule has 0 heterocycles. The van der Waals surface area contributed by atoms with Crippen molar-refractivity contribution in [1.29, 1.82) is 10.5 Å². The zero-order valence-electron chi connectivity index (χ0n) is 12.0. The Labute approximate surface area is 111 Å². The number of rotatable bonds is 3. The largest absolute Gasteiger partial charge is 0.196 e. The number of hydrogen-bond acceptors (Lipinski definition) is 4. The van der Waals surface area contributed by atoms with Gasteiger partial charge in [0.1, 0.15) is 8.07 Å². The summed E-state index contributed by atoms with van der Waals surface area (Å²) in [6, 6.07) is 4.12. The first kappa shape index (κ1) is 16.4. The van der Waals surface area contributed by atoms with Gasteiger partial charge in [0.05, 0.1) is 12.1 Å². The molecule has 96 valence electrons. The number of azo groups is 1. The van der Waals surface area contributed by atoms with Gasteiger partial charge in [0, 0.05) is 6.42 Å². The summed E-state index contributed by atoms with van der Waals surface area (Å²) in [6.07, 6.45) is 0.346. The highest BCUT2D eigenvalue weighted by Gasteiger charge is 2.24. The molecule has 0 bridgehead atoms. The van der Waals surface area contributed by atoms with Gasteiger partial charge in [0.2, 0.25) is 0 Å². The summed E-state index contributed by atoms with van der Waals surface area (Å²) in [7, 11) is -1.43. The summed E-state index contributed by atoms with van der Waals surface area (Å²) < 4.78 is 0. The Hall–Kier alpha value is -1.64. The van der Waals surface area contributed by atoms with Crippen LogP contribution < -0.4 is 0 Å². The minimum Gasteiger partial charge on any atom is -0.196 e. The van der Waals surface area contributed by atoms with Crippen LogP contribution in [0.25, 0.3) is 0 Å². The summed E-state index contributed by atoms with van der Waals surface area (Å²) in [5, 5.41) is 25.9. The maximum atomic E-state index is 9.14. The van der Waals surface area contributed by atoms with Gasteiger partial charge < -0.3 is 0 Å². The smallest absolute Gasteiger partial charge is 0.175 e. The summed E-state index contributed by atoms with van der Waals surface area (Å²) in [5.41, 5.74) is 1.32. The summed E-state index contributed by atoms with van der Waals surface area (Å²) in [5.74, 6) is 3.02. The van der Waals surface area contributed by atoms with E-state index < -0.39 is 19.2 Å². The SMILES string of the molecule is CC(C)(C#N)N=NC(C)(C#N)CC#C[Si](C)(C)C. The van der Waals surface area contributed by atoms with Gasteiger partial charge >= 0.3 is 0 Å². The van der Waals surface area contributed by atoms with Crippen molar-refractivity contribution in [2.75, 3.05) is 0 Å². The van der Waals surface area contributed by atoms with Crippen molar-refractivity contribution in [2.24, 2.45) is 10.2 Å². The normalized spacial score (nSPS) is 15.1. The van der Waals surface area contributed by atoms with Crippen LogP contribution in [-0.4, -0.2) is 19.2 Å². The van der Waals surface area contributed by atoms with E-state index in [4.69, 9.17) is 10.5 Å². The lowest BCUT2D eigenvalue weighted by atomic mass is 10.0. The van der Waals surface area contributed by atoms with Crippen molar-refractivity contribution in [3.63, 3.8) is 0 Å². The van der Waals surface area contributed by atoms with Crippen LogP contribution in [-0.2, 0) is 0 Å². The van der Waals surface area contributed by atoms with Crippen molar-refractivity contribution >= 4 is 8.07 Å². The summed E-state index contributed by atoms with van der Waals surface area (Å²) in [6.45, 7) is 11.4. The molecule has 0 N–H and O–H groups in total. The van der Waals surface area contributed by atoms with E-state index in [0.29, 0.717) is 6.42 Å². The van der Waals surface area contributed by atoms with E-state index in [-0.39, 0.29) is 0 Å². The lowest BCUT2D eigenvalue weighted by Crippen LogP contribution is -2.22. The molecule has 18 heavy (non-hydrogen) atoms. The second-order valence-electron chi connectivity index (χ2n) is 5.99. The van der Waals surface area contributed by atoms with Gasteiger partial charge in [-0.05, 0) is 20.8 Å². The molecule has 0 saturated carbocycles. The first-order chi connectivity index (χ1) is 8.04. The average Bonchev–Trinajstić information content (AvgIpc) is 2.25. The fourth-order valence-corrected chi connectivity index (χ4v) is 1.46. The molecule has 0 aromatic carbocycles. The molecule has 0 aliphatic carbocycles. The predicted molar refractivity (Wildman–Crippen MR) is 74.3 cm³/mol. The van der Waals surface area contributed by atoms with Gasteiger partial charge in [-0.1, -0.05) is 19.6 Å². The lowest BCUT2D eigenvalue weighted by Gasteiger charge is -2.14. The van der Waals surface area contributed by atoms with Crippen molar-refractivity contribution in [3.05, 3.63) is 0 Å². The predicted octanol–water partition coefficient (Wildman–Crippen LogP) is 3.29. The molecule has 0 fully saturated rings. The highest BCUT2D eigenvalue weighted by Crippen LogP contribution is 2.18. The molecule has 0 radical (unpaired) electrons. The van der Waals surface area contributed by atoms with Gasteiger partial charge in [0.15, 0.2) is 11.1 Å². The summed E-state index contributed by atoms with van der Waals surface area (Å²) in [4.78, 5) is 0. The highest BCUT2D eigenvalue weighted by atomic mass is 28.3. The fraction of sp³-hybridized carbons (Fsp3) is 0.692. The maximum absolute atomic E-state index is 9.14. The van der Waals surface area contributed by atoms with Crippen molar-refractivity contribution in [2.45, 2.75) is 57.9 Å². The molecule has 0 aromatic rings. The zero-order chi connectivity index (χ0) is 14.4. The van der Waals surface area contributed by atoms with Crippen molar-refractivity contribution in [3.8, 4) is 23.6 Å². The molecular weight excluding hydrogens is 240 g/mol. The van der Waals surface area contributed by atoms with E-state index in [9.17, 15) is 0 Å². The molecule has 5 heteroatoms. The highest BCUT2D eigenvalue weighted by molar-refractivity contribution is 6.83. The third-order valence-electron chi connectivity index (χ3n) is 1.93. The van der Waals surface area contributed by atoms with E-state index in [0.717, 1.165) is 0 Å². The molecule has 1 atom stereocenters.